The number of rotatable bonds is 4. The fraction of sp³-hybridized carbons (Fsp3) is 0.0625. The van der Waals surface area contributed by atoms with Crippen LogP contribution in [-0.4, -0.2) is 24.0 Å². The maximum Gasteiger partial charge on any atom is 0.257 e. The second-order valence-corrected chi connectivity index (χ2v) is 5.93. The first-order valence-corrected chi connectivity index (χ1v) is 7.97. The Morgan fingerprint density at radius 1 is 1.21 bits per heavy atom. The Bertz CT molecular complexity index is 811. The van der Waals surface area contributed by atoms with Gasteiger partial charge in [0, 0.05) is 5.56 Å². The fourth-order valence-electron chi connectivity index (χ4n) is 1.94. The molecule has 2 aromatic carbocycles. The number of amides is 2. The monoisotopic (exact) mass is 407 g/mol. The molecule has 0 spiro atoms. The highest BCUT2D eigenvalue weighted by Crippen LogP contribution is 2.25. The quantitative estimate of drug-likeness (QED) is 0.677. The van der Waals surface area contributed by atoms with Crippen LogP contribution in [0.5, 0.6) is 5.75 Å². The van der Waals surface area contributed by atoms with Crippen LogP contribution >= 0.6 is 28.1 Å². The number of thiocarbonyl (C=S) groups is 1. The Labute approximate surface area is 152 Å². The lowest BCUT2D eigenvalue weighted by atomic mass is 10.1. The second-order valence-electron chi connectivity index (χ2n) is 4.67. The Morgan fingerprint density at radius 3 is 2.54 bits per heavy atom. The van der Waals surface area contributed by atoms with Gasteiger partial charge in [-0.15, -0.1) is 0 Å². The molecule has 0 aromatic heterocycles. The number of para-hydroxylation sites is 1. The minimum Gasteiger partial charge on any atom is -0.496 e. The van der Waals surface area contributed by atoms with E-state index in [-0.39, 0.29) is 10.7 Å². The van der Waals surface area contributed by atoms with Crippen molar-refractivity contribution in [3.63, 3.8) is 0 Å². The number of ether oxygens (including phenoxy) is 1. The third-order valence-electron chi connectivity index (χ3n) is 3.08. The van der Waals surface area contributed by atoms with Crippen molar-refractivity contribution >= 4 is 50.8 Å². The van der Waals surface area contributed by atoms with Gasteiger partial charge in [0.1, 0.15) is 5.75 Å². The Kier molecular flexibility index (Phi) is 5.88. The number of nitrogens with two attached hydrogens (primary N) is 1. The van der Waals surface area contributed by atoms with E-state index < -0.39 is 11.8 Å². The van der Waals surface area contributed by atoms with Crippen LogP contribution in [0.1, 0.15) is 20.7 Å². The number of hydrogen-bond acceptors (Lipinski definition) is 4. The van der Waals surface area contributed by atoms with E-state index >= 15 is 0 Å². The lowest BCUT2D eigenvalue weighted by Crippen LogP contribution is -2.34. The smallest absolute Gasteiger partial charge is 0.257 e. The van der Waals surface area contributed by atoms with Crippen molar-refractivity contribution in [2.75, 3.05) is 12.4 Å². The molecule has 2 aromatic rings. The minimum absolute atomic E-state index is 0.0561. The maximum absolute atomic E-state index is 12.2. The van der Waals surface area contributed by atoms with E-state index in [2.05, 4.69) is 26.6 Å². The summed E-state index contributed by atoms with van der Waals surface area (Å²) in [6.07, 6.45) is 0. The SMILES string of the molecule is COc1ccc(C(=O)NC(=S)Nc2ccccc2C(N)=O)cc1Br. The molecule has 0 heterocycles. The lowest BCUT2D eigenvalue weighted by Gasteiger charge is -2.12. The number of methoxy groups -OCH3 is 1. The third-order valence-corrected chi connectivity index (χ3v) is 3.91. The highest BCUT2D eigenvalue weighted by Gasteiger charge is 2.12. The third kappa shape index (κ3) is 4.30. The predicted molar refractivity (Wildman–Crippen MR) is 99.3 cm³/mol. The first-order chi connectivity index (χ1) is 11.4. The zero-order valence-corrected chi connectivity index (χ0v) is 15.0. The molecular formula is C16H14BrN3O3S. The first kappa shape index (κ1) is 17.9. The molecule has 0 aliphatic carbocycles. The molecule has 2 rings (SSSR count). The molecule has 0 aliphatic rings. The van der Waals surface area contributed by atoms with Crippen molar-refractivity contribution in [3.05, 3.63) is 58.1 Å². The summed E-state index contributed by atoms with van der Waals surface area (Å²) in [7, 11) is 1.54. The molecule has 24 heavy (non-hydrogen) atoms. The molecular weight excluding hydrogens is 394 g/mol. The summed E-state index contributed by atoms with van der Waals surface area (Å²) >= 11 is 8.42. The highest BCUT2D eigenvalue weighted by atomic mass is 79.9. The number of carbonyl (C=O) groups is 2. The normalized spacial score (nSPS) is 9.92. The van der Waals surface area contributed by atoms with Crippen LogP contribution in [0.2, 0.25) is 0 Å². The summed E-state index contributed by atoms with van der Waals surface area (Å²) in [6, 6.07) is 11.5. The van der Waals surface area contributed by atoms with Crippen molar-refractivity contribution < 1.29 is 14.3 Å². The number of benzene rings is 2. The first-order valence-electron chi connectivity index (χ1n) is 6.77. The van der Waals surface area contributed by atoms with Gasteiger partial charge in [-0.05, 0) is 58.5 Å². The number of halogens is 1. The second kappa shape index (κ2) is 7.89. The molecule has 6 nitrogen and oxygen atoms in total. The van der Waals surface area contributed by atoms with Crippen LogP contribution in [0, 0.1) is 0 Å². The molecule has 8 heteroatoms. The molecule has 124 valence electrons. The zero-order valence-electron chi connectivity index (χ0n) is 12.6. The molecule has 0 fully saturated rings. The average Bonchev–Trinajstić information content (AvgIpc) is 2.54. The average molecular weight is 408 g/mol. The molecule has 0 radical (unpaired) electrons. The van der Waals surface area contributed by atoms with Crippen LogP contribution < -0.4 is 21.1 Å². The van der Waals surface area contributed by atoms with Crippen LogP contribution in [0.4, 0.5) is 5.69 Å². The van der Waals surface area contributed by atoms with E-state index in [1.54, 1.807) is 42.5 Å². The van der Waals surface area contributed by atoms with Crippen LogP contribution in [0.3, 0.4) is 0 Å². The van der Waals surface area contributed by atoms with Gasteiger partial charge in [-0.25, -0.2) is 0 Å². The van der Waals surface area contributed by atoms with Crippen molar-refractivity contribution in [1.82, 2.24) is 5.32 Å². The van der Waals surface area contributed by atoms with E-state index in [1.807, 2.05) is 0 Å². The van der Waals surface area contributed by atoms with Gasteiger partial charge >= 0.3 is 0 Å². The number of carbonyl (C=O) groups excluding carboxylic acids is 2. The predicted octanol–water partition coefficient (Wildman–Crippen LogP) is 2.68. The maximum atomic E-state index is 12.2. The van der Waals surface area contributed by atoms with Crippen LogP contribution in [-0.2, 0) is 0 Å². The molecule has 0 bridgehead atoms. The number of anilines is 1. The topological polar surface area (TPSA) is 93.4 Å². The van der Waals surface area contributed by atoms with Gasteiger partial charge in [0.05, 0.1) is 22.8 Å². The largest absolute Gasteiger partial charge is 0.496 e. The lowest BCUT2D eigenvalue weighted by molar-refractivity contribution is 0.0975. The van der Waals surface area contributed by atoms with E-state index in [1.165, 1.54) is 7.11 Å². The van der Waals surface area contributed by atoms with E-state index in [0.717, 1.165) is 0 Å². The van der Waals surface area contributed by atoms with Crippen molar-refractivity contribution in [3.8, 4) is 5.75 Å². The van der Waals surface area contributed by atoms with Gasteiger partial charge in [0.2, 0.25) is 0 Å². The van der Waals surface area contributed by atoms with Crippen LogP contribution in [0.25, 0.3) is 0 Å². The zero-order chi connectivity index (χ0) is 17.7. The van der Waals surface area contributed by atoms with Gasteiger partial charge in [-0.3, -0.25) is 14.9 Å². The number of primary amides is 1. The number of nitrogens with one attached hydrogen (secondary N) is 2. The molecule has 2 amide bonds. The Morgan fingerprint density at radius 2 is 1.92 bits per heavy atom. The summed E-state index contributed by atoms with van der Waals surface area (Å²) in [6.45, 7) is 0. The van der Waals surface area contributed by atoms with Gasteiger partial charge in [-0.2, -0.15) is 0 Å². The van der Waals surface area contributed by atoms with Crippen molar-refractivity contribution in [2.45, 2.75) is 0 Å². The van der Waals surface area contributed by atoms with Gasteiger partial charge in [0.15, 0.2) is 5.11 Å². The Hall–Kier alpha value is -2.45. The fourth-order valence-corrected chi connectivity index (χ4v) is 2.69. The summed E-state index contributed by atoms with van der Waals surface area (Å²) in [5, 5.41) is 5.39. The van der Waals surface area contributed by atoms with E-state index in [4.69, 9.17) is 22.7 Å². The van der Waals surface area contributed by atoms with E-state index in [0.29, 0.717) is 21.5 Å². The molecule has 0 unspecified atom stereocenters. The van der Waals surface area contributed by atoms with Crippen LogP contribution in [0.15, 0.2) is 46.9 Å². The molecule has 0 atom stereocenters. The van der Waals surface area contributed by atoms with Gasteiger partial charge in [0.25, 0.3) is 11.8 Å². The minimum atomic E-state index is -0.591. The Balaban J connectivity index is 2.09. The summed E-state index contributed by atoms with van der Waals surface area (Å²) in [5.41, 5.74) is 6.40. The van der Waals surface area contributed by atoms with Gasteiger partial charge < -0.3 is 15.8 Å². The van der Waals surface area contributed by atoms with Crippen molar-refractivity contribution in [1.29, 1.82) is 0 Å². The number of hydrogen-bond donors (Lipinski definition) is 3. The van der Waals surface area contributed by atoms with Gasteiger partial charge in [-0.1, -0.05) is 12.1 Å². The van der Waals surface area contributed by atoms with E-state index in [9.17, 15) is 9.59 Å². The molecule has 4 N–H and O–H groups in total. The summed E-state index contributed by atoms with van der Waals surface area (Å²) in [4.78, 5) is 23.6. The molecule has 0 saturated heterocycles. The standard InChI is InChI=1S/C16H14BrN3O3S/c1-23-13-7-6-9(8-11(13)17)15(22)20-16(24)19-12-5-3-2-4-10(12)14(18)21/h2-8H,1H3,(H2,18,21)(H2,19,20,22,24). The molecule has 0 aliphatic heterocycles. The molecule has 0 saturated carbocycles. The highest BCUT2D eigenvalue weighted by molar-refractivity contribution is 9.10. The summed E-state index contributed by atoms with van der Waals surface area (Å²) < 4.78 is 5.76. The summed E-state index contributed by atoms with van der Waals surface area (Å²) in [5.74, 6) is -0.374. The van der Waals surface area contributed by atoms with Crippen molar-refractivity contribution in [2.24, 2.45) is 5.73 Å².